The lowest BCUT2D eigenvalue weighted by Crippen LogP contribution is -2.38. The smallest absolute Gasteiger partial charge is 0.423 e. The summed E-state index contributed by atoms with van der Waals surface area (Å²) in [6.07, 6.45) is 6.10. The molecule has 2 saturated heterocycles. The molecule has 0 unspecified atom stereocenters. The Balaban J connectivity index is 1.39. The van der Waals surface area contributed by atoms with E-state index in [1.165, 1.54) is 18.3 Å². The molecule has 2 aliphatic heterocycles. The van der Waals surface area contributed by atoms with Crippen molar-refractivity contribution >= 4 is 34.8 Å². The van der Waals surface area contributed by atoms with Crippen LogP contribution in [0, 0.1) is 17.8 Å². The number of ether oxygens (including phenoxy) is 2. The van der Waals surface area contributed by atoms with E-state index in [4.69, 9.17) is 9.47 Å². The Morgan fingerprint density at radius 1 is 1.08 bits per heavy atom. The van der Waals surface area contributed by atoms with Gasteiger partial charge in [0.1, 0.15) is 5.75 Å². The predicted octanol–water partition coefficient (Wildman–Crippen LogP) is 6.00. The Morgan fingerprint density at radius 2 is 1.84 bits per heavy atom. The summed E-state index contributed by atoms with van der Waals surface area (Å²) >= 11 is 0. The van der Waals surface area contributed by atoms with Crippen LogP contribution in [0.5, 0.6) is 5.75 Å². The number of imide groups is 3. The number of hydrogen-bond acceptors (Lipinski definition) is 6. The van der Waals surface area contributed by atoms with Crippen LogP contribution in [0.3, 0.4) is 0 Å². The van der Waals surface area contributed by atoms with Gasteiger partial charge in [-0.1, -0.05) is 67.8 Å². The van der Waals surface area contributed by atoms with E-state index in [0.717, 1.165) is 54.0 Å². The minimum atomic E-state index is -0.902. The van der Waals surface area contributed by atoms with E-state index in [-0.39, 0.29) is 17.8 Å². The fourth-order valence-corrected chi connectivity index (χ4v) is 6.64. The highest BCUT2D eigenvalue weighted by molar-refractivity contribution is 6.16. The lowest BCUT2D eigenvalue weighted by molar-refractivity contribution is -0.137. The molecule has 1 aliphatic carbocycles. The normalized spacial score (nSPS) is 25.2. The molecule has 7 heteroatoms. The molecule has 0 saturated carbocycles. The van der Waals surface area contributed by atoms with Gasteiger partial charge in [0.05, 0.1) is 31.7 Å². The first-order valence-corrected chi connectivity index (χ1v) is 13.6. The van der Waals surface area contributed by atoms with Gasteiger partial charge < -0.3 is 14.6 Å². The van der Waals surface area contributed by atoms with E-state index < -0.39 is 29.7 Å². The Morgan fingerprint density at radius 3 is 2.55 bits per heavy atom. The molecule has 2 fully saturated rings. The molecule has 0 spiro atoms. The van der Waals surface area contributed by atoms with E-state index in [0.29, 0.717) is 17.9 Å². The molecule has 5 rings (SSSR count). The Labute approximate surface area is 223 Å². The number of aromatic hydroxyl groups is 1. The van der Waals surface area contributed by atoms with Crippen LogP contribution in [-0.4, -0.2) is 47.7 Å². The summed E-state index contributed by atoms with van der Waals surface area (Å²) in [4.78, 5) is 39.0. The Bertz CT molecular complexity index is 1340. The number of rotatable bonds is 7. The second-order valence-corrected chi connectivity index (χ2v) is 10.5. The first-order valence-electron chi connectivity index (χ1n) is 13.6. The van der Waals surface area contributed by atoms with Crippen LogP contribution >= 0.6 is 0 Å². The van der Waals surface area contributed by atoms with Gasteiger partial charge in [-0.15, -0.1) is 0 Å². The molecule has 200 valence electrons. The number of hydrogen-bond donors (Lipinski definition) is 1. The van der Waals surface area contributed by atoms with Gasteiger partial charge in [-0.3, -0.25) is 9.59 Å². The van der Waals surface area contributed by atoms with Crippen molar-refractivity contribution in [3.63, 3.8) is 0 Å². The van der Waals surface area contributed by atoms with Gasteiger partial charge >= 0.3 is 6.09 Å². The minimum Gasteiger partial charge on any atom is -0.507 e. The van der Waals surface area contributed by atoms with Crippen LogP contribution < -0.4 is 0 Å². The van der Waals surface area contributed by atoms with Gasteiger partial charge in [0, 0.05) is 11.3 Å². The third-order valence-corrected chi connectivity index (χ3v) is 8.39. The summed E-state index contributed by atoms with van der Waals surface area (Å²) in [5.41, 5.74) is 4.73. The van der Waals surface area contributed by atoms with Crippen molar-refractivity contribution in [3.8, 4) is 5.75 Å². The van der Waals surface area contributed by atoms with Crippen LogP contribution in [-0.2, 0) is 19.1 Å². The van der Waals surface area contributed by atoms with E-state index >= 15 is 0 Å². The lowest BCUT2D eigenvalue weighted by atomic mass is 9.69. The predicted molar refractivity (Wildman–Crippen MR) is 144 cm³/mol. The number of allylic oxidation sites excluding steroid dienone is 2. The molecule has 3 amide bonds. The molecule has 0 bridgehead atoms. The molecule has 2 aromatic carbocycles. The number of nitrogens with zero attached hydrogens (tertiary/aromatic N) is 1. The molecular formula is C31H35NO6. The van der Waals surface area contributed by atoms with Crippen LogP contribution in [0.1, 0.15) is 57.9 Å². The van der Waals surface area contributed by atoms with Crippen molar-refractivity contribution in [2.75, 3.05) is 13.7 Å². The number of fused-ring (bicyclic) bond motifs is 4. The quantitative estimate of drug-likeness (QED) is 0.358. The number of benzene rings is 2. The summed E-state index contributed by atoms with van der Waals surface area (Å²) in [5, 5.41) is 12.1. The highest BCUT2D eigenvalue weighted by atomic mass is 16.5. The van der Waals surface area contributed by atoms with Gasteiger partial charge in [0.2, 0.25) is 11.8 Å². The van der Waals surface area contributed by atoms with Crippen molar-refractivity contribution in [3.05, 3.63) is 58.7 Å². The second-order valence-electron chi connectivity index (χ2n) is 10.5. The average Bonchev–Trinajstić information content (AvgIpc) is 3.46. The monoisotopic (exact) mass is 517 g/mol. The minimum absolute atomic E-state index is 0.109. The largest absolute Gasteiger partial charge is 0.507 e. The summed E-state index contributed by atoms with van der Waals surface area (Å²) in [6, 6.07) is 11.6. The number of amides is 3. The standard InChI is InChI=1S/C31H35NO6/c1-4-8-18(15-20-12-13-25(33)22-10-7-6-9-21(20)22)11-14-26-27-19(5-2)16-23-28(24(27)17-38-26)30(35)32(29(23)34)31(36)37-3/h6-7,9-10,12-13,15,23-24,26,28,33H,4-5,8,11,14,16-17H2,1-3H3/b18-15+/t23-,24+,26-,28-/m1/s1. The van der Waals surface area contributed by atoms with Crippen molar-refractivity contribution in [1.82, 2.24) is 4.90 Å². The molecule has 4 atom stereocenters. The highest BCUT2D eigenvalue weighted by Crippen LogP contribution is 2.50. The van der Waals surface area contributed by atoms with Gasteiger partial charge in [-0.2, -0.15) is 4.90 Å². The summed E-state index contributed by atoms with van der Waals surface area (Å²) in [5.74, 6) is -1.90. The summed E-state index contributed by atoms with van der Waals surface area (Å²) in [7, 11) is 1.18. The van der Waals surface area contributed by atoms with Crippen molar-refractivity contribution in [2.24, 2.45) is 17.8 Å². The number of phenolic OH excluding ortho intramolecular Hbond substituents is 1. The zero-order valence-corrected chi connectivity index (χ0v) is 22.2. The maximum Gasteiger partial charge on any atom is 0.423 e. The van der Waals surface area contributed by atoms with Gasteiger partial charge in [-0.25, -0.2) is 4.79 Å². The van der Waals surface area contributed by atoms with E-state index in [2.05, 4.69) is 19.9 Å². The summed E-state index contributed by atoms with van der Waals surface area (Å²) in [6.45, 7) is 4.63. The molecule has 0 aromatic heterocycles. The first-order chi connectivity index (χ1) is 18.4. The fraction of sp³-hybridized carbons (Fsp3) is 0.452. The van der Waals surface area contributed by atoms with Crippen LogP contribution in [0.2, 0.25) is 0 Å². The van der Waals surface area contributed by atoms with Crippen molar-refractivity contribution < 1.29 is 29.0 Å². The lowest BCUT2D eigenvalue weighted by Gasteiger charge is -2.31. The topological polar surface area (TPSA) is 93.1 Å². The van der Waals surface area contributed by atoms with Gasteiger partial charge in [-0.05, 0) is 54.7 Å². The van der Waals surface area contributed by atoms with E-state index in [1.807, 2.05) is 30.3 Å². The van der Waals surface area contributed by atoms with E-state index in [1.54, 1.807) is 6.07 Å². The Hall–Kier alpha value is -3.45. The van der Waals surface area contributed by atoms with Crippen molar-refractivity contribution in [1.29, 1.82) is 0 Å². The average molecular weight is 518 g/mol. The third kappa shape index (κ3) is 4.43. The molecule has 3 aliphatic rings. The zero-order valence-electron chi connectivity index (χ0n) is 22.2. The van der Waals surface area contributed by atoms with Gasteiger partial charge in [0.15, 0.2) is 0 Å². The number of carbonyl (C=O) groups excluding carboxylic acids is 3. The fourth-order valence-electron chi connectivity index (χ4n) is 6.64. The van der Waals surface area contributed by atoms with Crippen molar-refractivity contribution in [2.45, 2.75) is 58.5 Å². The molecule has 0 radical (unpaired) electrons. The summed E-state index contributed by atoms with van der Waals surface area (Å²) < 4.78 is 11.0. The van der Waals surface area contributed by atoms with Crippen LogP contribution in [0.4, 0.5) is 4.79 Å². The Kier molecular flexibility index (Phi) is 7.39. The van der Waals surface area contributed by atoms with Crippen LogP contribution in [0.25, 0.3) is 16.8 Å². The maximum atomic E-state index is 13.2. The molecule has 1 N–H and O–H groups in total. The first kappa shape index (κ1) is 26.2. The van der Waals surface area contributed by atoms with Crippen LogP contribution in [0.15, 0.2) is 53.1 Å². The molecule has 38 heavy (non-hydrogen) atoms. The number of phenols is 1. The SMILES string of the molecule is CCC/C(=C\c1ccc(O)c2ccccc12)CC[C@H]1OC[C@H]2C1=C(CC)C[C@H]1C(=O)N(C(=O)OC)C(=O)[C@H]12. The number of carbonyl (C=O) groups is 3. The molecular weight excluding hydrogens is 482 g/mol. The number of likely N-dealkylation sites (tertiary alicyclic amines) is 1. The third-order valence-electron chi connectivity index (χ3n) is 8.39. The zero-order chi connectivity index (χ0) is 27.0. The van der Waals surface area contributed by atoms with Gasteiger partial charge in [0.25, 0.3) is 0 Å². The molecule has 2 aromatic rings. The highest BCUT2D eigenvalue weighted by Gasteiger charge is 2.58. The number of methoxy groups -OCH3 is 1. The molecule has 7 nitrogen and oxygen atoms in total. The second kappa shape index (κ2) is 10.7. The van der Waals surface area contributed by atoms with E-state index in [9.17, 15) is 19.5 Å². The molecule has 2 heterocycles. The maximum absolute atomic E-state index is 13.2.